The minimum Gasteiger partial charge on any atom is -0.478 e. The Bertz CT molecular complexity index is 676. The molecular weight excluding hydrogens is 250 g/mol. The molecule has 0 unspecified atom stereocenters. The zero-order valence-electron chi connectivity index (χ0n) is 10.3. The smallest absolute Gasteiger partial charge is 0.339 e. The molecule has 2 rings (SSSR count). The van der Waals surface area contributed by atoms with Crippen LogP contribution in [0.2, 0.25) is 0 Å². The number of rotatable bonds is 3. The number of hydrogen-bond donors (Lipinski definition) is 1. The first-order valence-corrected chi connectivity index (χ1v) is 5.45. The van der Waals surface area contributed by atoms with Gasteiger partial charge in [-0.15, -0.1) is 0 Å². The SMILES string of the molecule is Cc1ccc(-n2cc(C(=O)O)c(C)n2)c([N+](=O)[O-])c1. The van der Waals surface area contributed by atoms with Crippen LogP contribution in [0.5, 0.6) is 0 Å². The number of aryl methyl sites for hydroxylation is 2. The van der Waals surface area contributed by atoms with E-state index in [0.29, 0.717) is 5.69 Å². The molecule has 1 aromatic heterocycles. The van der Waals surface area contributed by atoms with E-state index in [4.69, 9.17) is 5.11 Å². The van der Waals surface area contributed by atoms with E-state index in [1.165, 1.54) is 16.9 Å². The van der Waals surface area contributed by atoms with E-state index < -0.39 is 10.9 Å². The van der Waals surface area contributed by atoms with Crippen molar-refractivity contribution in [3.63, 3.8) is 0 Å². The van der Waals surface area contributed by atoms with Crippen LogP contribution in [0.15, 0.2) is 24.4 Å². The molecule has 1 heterocycles. The second-order valence-corrected chi connectivity index (χ2v) is 4.13. The van der Waals surface area contributed by atoms with Crippen molar-refractivity contribution in [1.29, 1.82) is 0 Å². The van der Waals surface area contributed by atoms with Gasteiger partial charge in [-0.05, 0) is 25.5 Å². The van der Waals surface area contributed by atoms with Gasteiger partial charge in [0.15, 0.2) is 0 Å². The molecule has 19 heavy (non-hydrogen) atoms. The Kier molecular flexibility index (Phi) is 3.04. The molecule has 7 nitrogen and oxygen atoms in total. The van der Waals surface area contributed by atoms with Crippen LogP contribution in [0.25, 0.3) is 5.69 Å². The molecule has 0 aliphatic rings. The van der Waals surface area contributed by atoms with E-state index in [1.54, 1.807) is 26.0 Å². The molecule has 0 aliphatic heterocycles. The summed E-state index contributed by atoms with van der Waals surface area (Å²) >= 11 is 0. The Morgan fingerprint density at radius 1 is 1.42 bits per heavy atom. The summed E-state index contributed by atoms with van der Waals surface area (Å²) in [6, 6.07) is 4.68. The van der Waals surface area contributed by atoms with Crippen LogP contribution < -0.4 is 0 Å². The lowest BCUT2D eigenvalue weighted by Gasteiger charge is -2.03. The summed E-state index contributed by atoms with van der Waals surface area (Å²) in [5, 5.41) is 24.0. The minimum atomic E-state index is -1.11. The topological polar surface area (TPSA) is 98.3 Å². The second-order valence-electron chi connectivity index (χ2n) is 4.13. The Hall–Kier alpha value is -2.70. The van der Waals surface area contributed by atoms with Crippen molar-refractivity contribution >= 4 is 11.7 Å². The molecule has 0 spiro atoms. The van der Waals surface area contributed by atoms with E-state index >= 15 is 0 Å². The van der Waals surface area contributed by atoms with Crippen molar-refractivity contribution in [2.45, 2.75) is 13.8 Å². The zero-order chi connectivity index (χ0) is 14.2. The maximum atomic E-state index is 11.0. The number of aromatic carboxylic acids is 1. The van der Waals surface area contributed by atoms with Gasteiger partial charge in [-0.2, -0.15) is 5.10 Å². The highest BCUT2D eigenvalue weighted by Crippen LogP contribution is 2.24. The number of nitro benzene ring substituents is 1. The van der Waals surface area contributed by atoms with E-state index in [0.717, 1.165) is 5.56 Å². The number of carboxylic acid groups (broad SMARTS) is 1. The first kappa shape index (κ1) is 12.7. The van der Waals surface area contributed by atoms with Gasteiger partial charge >= 0.3 is 5.97 Å². The van der Waals surface area contributed by atoms with Crippen LogP contribution in [-0.2, 0) is 0 Å². The average molecular weight is 261 g/mol. The molecule has 1 N–H and O–H groups in total. The van der Waals surface area contributed by atoms with Gasteiger partial charge in [0.25, 0.3) is 5.69 Å². The third-order valence-corrected chi connectivity index (χ3v) is 2.70. The molecule has 98 valence electrons. The quantitative estimate of drug-likeness (QED) is 0.673. The summed E-state index contributed by atoms with van der Waals surface area (Å²) in [6.45, 7) is 3.29. The lowest BCUT2D eigenvalue weighted by atomic mass is 10.2. The van der Waals surface area contributed by atoms with Crippen LogP contribution in [0.4, 0.5) is 5.69 Å². The number of hydrogen-bond acceptors (Lipinski definition) is 4. The molecule has 0 atom stereocenters. The number of carbonyl (C=O) groups is 1. The highest BCUT2D eigenvalue weighted by Gasteiger charge is 2.19. The van der Waals surface area contributed by atoms with Gasteiger partial charge in [-0.1, -0.05) is 6.07 Å². The number of benzene rings is 1. The average Bonchev–Trinajstić information content (AvgIpc) is 2.71. The number of nitro groups is 1. The van der Waals surface area contributed by atoms with Gasteiger partial charge in [0.05, 0.1) is 10.6 Å². The van der Waals surface area contributed by atoms with E-state index in [9.17, 15) is 14.9 Å². The van der Waals surface area contributed by atoms with Crippen LogP contribution in [0, 0.1) is 24.0 Å². The zero-order valence-corrected chi connectivity index (χ0v) is 10.3. The molecule has 1 aromatic carbocycles. The Morgan fingerprint density at radius 2 is 2.11 bits per heavy atom. The van der Waals surface area contributed by atoms with Crippen LogP contribution in [0.1, 0.15) is 21.6 Å². The molecule has 0 saturated carbocycles. The predicted molar refractivity (Wildman–Crippen MR) is 66.7 cm³/mol. The summed E-state index contributed by atoms with van der Waals surface area (Å²) in [6.07, 6.45) is 1.27. The Morgan fingerprint density at radius 3 is 2.63 bits per heavy atom. The third kappa shape index (κ3) is 2.30. The minimum absolute atomic E-state index is 0.0230. The van der Waals surface area contributed by atoms with Gasteiger partial charge in [0, 0.05) is 12.3 Å². The number of carboxylic acids is 1. The Labute approximate surface area is 108 Å². The molecule has 0 aliphatic carbocycles. The second kappa shape index (κ2) is 4.52. The lowest BCUT2D eigenvalue weighted by Crippen LogP contribution is -2.01. The largest absolute Gasteiger partial charge is 0.478 e. The molecule has 2 aromatic rings. The van der Waals surface area contributed by atoms with Gasteiger partial charge < -0.3 is 5.11 Å². The van der Waals surface area contributed by atoms with Crippen molar-refractivity contribution in [2.24, 2.45) is 0 Å². The standard InChI is InChI=1S/C12H11N3O4/c1-7-3-4-10(11(5-7)15(18)19)14-6-9(12(16)17)8(2)13-14/h3-6H,1-2H3,(H,16,17). The maximum Gasteiger partial charge on any atom is 0.339 e. The first-order chi connectivity index (χ1) is 8.90. The summed E-state index contributed by atoms with van der Waals surface area (Å²) in [5.41, 5.74) is 1.21. The van der Waals surface area contributed by atoms with Crippen molar-refractivity contribution in [3.05, 3.63) is 51.3 Å². The van der Waals surface area contributed by atoms with Crippen LogP contribution >= 0.6 is 0 Å². The van der Waals surface area contributed by atoms with Crippen molar-refractivity contribution < 1.29 is 14.8 Å². The van der Waals surface area contributed by atoms with E-state index in [1.807, 2.05) is 0 Å². The van der Waals surface area contributed by atoms with Crippen molar-refractivity contribution in [1.82, 2.24) is 9.78 Å². The molecule has 0 fully saturated rings. The molecule has 0 radical (unpaired) electrons. The summed E-state index contributed by atoms with van der Waals surface area (Å²) in [5.74, 6) is -1.11. The molecule has 0 amide bonds. The van der Waals surface area contributed by atoms with Gasteiger partial charge in [-0.25, -0.2) is 9.48 Å². The molecule has 0 bridgehead atoms. The lowest BCUT2D eigenvalue weighted by molar-refractivity contribution is -0.384. The van der Waals surface area contributed by atoms with Crippen LogP contribution in [-0.4, -0.2) is 25.8 Å². The highest BCUT2D eigenvalue weighted by atomic mass is 16.6. The molecule has 7 heteroatoms. The van der Waals surface area contributed by atoms with Crippen molar-refractivity contribution in [3.8, 4) is 5.69 Å². The van der Waals surface area contributed by atoms with E-state index in [2.05, 4.69) is 5.10 Å². The first-order valence-electron chi connectivity index (χ1n) is 5.45. The third-order valence-electron chi connectivity index (χ3n) is 2.70. The Balaban J connectivity index is 2.62. The highest BCUT2D eigenvalue weighted by molar-refractivity contribution is 5.88. The fraction of sp³-hybridized carbons (Fsp3) is 0.167. The molecular formula is C12H11N3O4. The predicted octanol–water partition coefficient (Wildman–Crippen LogP) is 2.10. The van der Waals surface area contributed by atoms with Gasteiger partial charge in [0.2, 0.25) is 0 Å². The number of aromatic nitrogens is 2. The van der Waals surface area contributed by atoms with Crippen LogP contribution in [0.3, 0.4) is 0 Å². The fourth-order valence-electron chi connectivity index (χ4n) is 1.77. The van der Waals surface area contributed by atoms with E-state index in [-0.39, 0.29) is 16.9 Å². The molecule has 0 saturated heterocycles. The normalized spacial score (nSPS) is 10.4. The number of nitrogens with zero attached hydrogens (tertiary/aromatic N) is 3. The summed E-state index contributed by atoms with van der Waals surface area (Å²) in [7, 11) is 0. The van der Waals surface area contributed by atoms with Gasteiger partial charge in [-0.3, -0.25) is 10.1 Å². The van der Waals surface area contributed by atoms with Crippen molar-refractivity contribution in [2.75, 3.05) is 0 Å². The summed E-state index contributed by atoms with van der Waals surface area (Å²) < 4.78 is 1.22. The van der Waals surface area contributed by atoms with Gasteiger partial charge in [0.1, 0.15) is 11.3 Å². The fourth-order valence-corrected chi connectivity index (χ4v) is 1.77. The summed E-state index contributed by atoms with van der Waals surface area (Å²) in [4.78, 5) is 21.5. The monoisotopic (exact) mass is 261 g/mol. The maximum absolute atomic E-state index is 11.0.